The Kier molecular flexibility index (Phi) is 30.7. The van der Waals surface area contributed by atoms with Crippen molar-refractivity contribution >= 4 is 5.97 Å². The highest BCUT2D eigenvalue weighted by molar-refractivity contribution is 5.69. The number of hydrogen-bond donors (Lipinski definition) is 0. The van der Waals surface area contributed by atoms with Crippen LogP contribution in [0.25, 0.3) is 0 Å². The standard InChI is InChI=1S/C30H58O12/c1-2-3-4-5-8-29(31)40-27-25-38-23-21-36-19-17-34-15-13-32-11-12-33-14-16-35-18-20-37-22-24-39-26-28-42-30-9-6-7-10-41-30/h30H,2-28H2,1H3. The van der Waals surface area contributed by atoms with Crippen LogP contribution in [0.1, 0.15) is 58.3 Å². The molecule has 1 aliphatic heterocycles. The lowest BCUT2D eigenvalue weighted by Crippen LogP contribution is -2.24. The average Bonchev–Trinajstić information content (AvgIpc) is 3.01. The van der Waals surface area contributed by atoms with Gasteiger partial charge >= 0.3 is 5.97 Å². The number of unbranched alkanes of at least 4 members (excludes halogenated alkanes) is 3. The zero-order valence-electron chi connectivity index (χ0n) is 26.1. The number of ether oxygens (including phenoxy) is 11. The molecule has 0 radical (unpaired) electrons. The first kappa shape index (κ1) is 39.1. The van der Waals surface area contributed by atoms with Crippen LogP contribution in [0.2, 0.25) is 0 Å². The molecule has 0 bridgehead atoms. The Morgan fingerprint density at radius 3 is 1.38 bits per heavy atom. The van der Waals surface area contributed by atoms with Gasteiger partial charge in [-0.05, 0) is 25.7 Å². The summed E-state index contributed by atoms with van der Waals surface area (Å²) in [6.07, 6.45) is 7.96. The molecule has 1 aliphatic rings. The van der Waals surface area contributed by atoms with Crippen molar-refractivity contribution in [3.05, 3.63) is 0 Å². The number of carbonyl (C=O) groups excluding carboxylic acids is 1. The quantitative estimate of drug-likeness (QED) is 0.0802. The van der Waals surface area contributed by atoms with Crippen molar-refractivity contribution in [2.75, 3.05) is 126 Å². The summed E-state index contributed by atoms with van der Waals surface area (Å²) in [5, 5.41) is 0. The van der Waals surface area contributed by atoms with Crippen LogP contribution in [0.3, 0.4) is 0 Å². The Morgan fingerprint density at radius 2 is 0.976 bits per heavy atom. The maximum Gasteiger partial charge on any atom is 0.305 e. The lowest BCUT2D eigenvalue weighted by Gasteiger charge is -2.22. The fourth-order valence-corrected chi connectivity index (χ4v) is 3.71. The molecule has 42 heavy (non-hydrogen) atoms. The van der Waals surface area contributed by atoms with Crippen molar-refractivity contribution in [2.45, 2.75) is 64.6 Å². The van der Waals surface area contributed by atoms with Crippen LogP contribution in [0.4, 0.5) is 0 Å². The summed E-state index contributed by atoms with van der Waals surface area (Å²) in [4.78, 5) is 11.5. The highest BCUT2D eigenvalue weighted by atomic mass is 16.7. The van der Waals surface area contributed by atoms with Crippen molar-refractivity contribution in [2.24, 2.45) is 0 Å². The first-order chi connectivity index (χ1) is 20.8. The third-order valence-electron chi connectivity index (χ3n) is 6.00. The van der Waals surface area contributed by atoms with E-state index in [2.05, 4.69) is 6.92 Å². The van der Waals surface area contributed by atoms with Gasteiger partial charge in [0.05, 0.1) is 112 Å². The molecule has 250 valence electrons. The Morgan fingerprint density at radius 1 is 0.548 bits per heavy atom. The number of hydrogen-bond acceptors (Lipinski definition) is 12. The van der Waals surface area contributed by atoms with Crippen LogP contribution in [-0.2, 0) is 56.9 Å². The summed E-state index contributed by atoms with van der Waals surface area (Å²) >= 11 is 0. The molecule has 0 N–H and O–H groups in total. The van der Waals surface area contributed by atoms with Gasteiger partial charge in [0.25, 0.3) is 0 Å². The van der Waals surface area contributed by atoms with Gasteiger partial charge in [-0.25, -0.2) is 0 Å². The minimum absolute atomic E-state index is 0.0659. The highest BCUT2D eigenvalue weighted by Gasteiger charge is 2.13. The largest absolute Gasteiger partial charge is 0.463 e. The van der Waals surface area contributed by atoms with E-state index in [1.165, 1.54) is 0 Å². The molecular weight excluding hydrogens is 552 g/mol. The van der Waals surface area contributed by atoms with E-state index in [0.29, 0.717) is 119 Å². The van der Waals surface area contributed by atoms with E-state index in [-0.39, 0.29) is 18.9 Å². The molecule has 0 aliphatic carbocycles. The van der Waals surface area contributed by atoms with E-state index in [9.17, 15) is 4.79 Å². The summed E-state index contributed by atoms with van der Waals surface area (Å²) in [6, 6.07) is 0. The van der Waals surface area contributed by atoms with E-state index in [1.54, 1.807) is 0 Å². The molecule has 1 atom stereocenters. The smallest absolute Gasteiger partial charge is 0.305 e. The summed E-state index contributed by atoms with van der Waals surface area (Å²) < 4.78 is 59.9. The molecule has 1 rings (SSSR count). The summed E-state index contributed by atoms with van der Waals surface area (Å²) in [5.41, 5.74) is 0. The summed E-state index contributed by atoms with van der Waals surface area (Å²) in [7, 11) is 0. The SMILES string of the molecule is CCCCCCC(=O)OCCOCCOCCOCCOCCOCCOCCOCCOCCOC1CCCCO1. The van der Waals surface area contributed by atoms with Gasteiger partial charge in [-0.1, -0.05) is 26.2 Å². The van der Waals surface area contributed by atoms with E-state index < -0.39 is 0 Å². The maximum absolute atomic E-state index is 11.5. The molecule has 0 amide bonds. The van der Waals surface area contributed by atoms with E-state index in [4.69, 9.17) is 52.1 Å². The average molecular weight is 611 g/mol. The molecule has 1 heterocycles. The Balaban J connectivity index is 1.63. The van der Waals surface area contributed by atoms with Gasteiger partial charge in [0.2, 0.25) is 0 Å². The predicted octanol–water partition coefficient (Wildman–Crippen LogP) is 3.18. The lowest BCUT2D eigenvalue weighted by molar-refractivity contribution is -0.169. The van der Waals surface area contributed by atoms with Gasteiger partial charge in [-0.2, -0.15) is 0 Å². The van der Waals surface area contributed by atoms with Crippen molar-refractivity contribution in [3.63, 3.8) is 0 Å². The minimum Gasteiger partial charge on any atom is -0.463 e. The van der Waals surface area contributed by atoms with Gasteiger partial charge in [0, 0.05) is 13.0 Å². The van der Waals surface area contributed by atoms with Crippen molar-refractivity contribution in [1.82, 2.24) is 0 Å². The van der Waals surface area contributed by atoms with Gasteiger partial charge in [-0.3, -0.25) is 4.79 Å². The molecule has 0 aromatic rings. The molecule has 1 fully saturated rings. The topological polar surface area (TPSA) is 119 Å². The molecule has 12 heteroatoms. The molecule has 0 spiro atoms. The molecule has 0 saturated carbocycles. The Bertz CT molecular complexity index is 548. The Labute approximate surface area is 253 Å². The van der Waals surface area contributed by atoms with Crippen LogP contribution in [0.5, 0.6) is 0 Å². The zero-order valence-corrected chi connectivity index (χ0v) is 26.1. The zero-order chi connectivity index (χ0) is 30.0. The number of esters is 1. The van der Waals surface area contributed by atoms with Crippen LogP contribution in [-0.4, -0.2) is 138 Å². The molecule has 1 unspecified atom stereocenters. The molecular formula is C30H58O12. The molecule has 12 nitrogen and oxygen atoms in total. The van der Waals surface area contributed by atoms with Crippen molar-refractivity contribution in [1.29, 1.82) is 0 Å². The van der Waals surface area contributed by atoms with Crippen LogP contribution >= 0.6 is 0 Å². The molecule has 0 aromatic carbocycles. The minimum atomic E-state index is -0.150. The predicted molar refractivity (Wildman–Crippen MR) is 156 cm³/mol. The van der Waals surface area contributed by atoms with Crippen LogP contribution in [0, 0.1) is 0 Å². The first-order valence-electron chi connectivity index (χ1n) is 15.8. The monoisotopic (exact) mass is 610 g/mol. The van der Waals surface area contributed by atoms with Gasteiger partial charge in [-0.15, -0.1) is 0 Å². The van der Waals surface area contributed by atoms with Gasteiger partial charge < -0.3 is 52.1 Å². The van der Waals surface area contributed by atoms with E-state index in [0.717, 1.165) is 51.6 Å². The van der Waals surface area contributed by atoms with Crippen LogP contribution < -0.4 is 0 Å². The highest BCUT2D eigenvalue weighted by Crippen LogP contribution is 2.13. The van der Waals surface area contributed by atoms with Crippen molar-refractivity contribution < 1.29 is 56.9 Å². The number of carbonyl (C=O) groups is 1. The van der Waals surface area contributed by atoms with Gasteiger partial charge in [0.1, 0.15) is 6.61 Å². The maximum atomic E-state index is 11.5. The number of rotatable bonds is 33. The van der Waals surface area contributed by atoms with E-state index in [1.807, 2.05) is 0 Å². The third-order valence-corrected chi connectivity index (χ3v) is 6.00. The Hall–Kier alpha value is -0.930. The summed E-state index contributed by atoms with van der Waals surface area (Å²) in [6.45, 7) is 11.8. The molecule has 1 saturated heterocycles. The van der Waals surface area contributed by atoms with Crippen molar-refractivity contribution in [3.8, 4) is 0 Å². The second-order valence-electron chi connectivity index (χ2n) is 9.60. The second-order valence-corrected chi connectivity index (χ2v) is 9.60. The summed E-state index contributed by atoms with van der Waals surface area (Å²) in [5.74, 6) is -0.150. The van der Waals surface area contributed by atoms with E-state index >= 15 is 0 Å². The third kappa shape index (κ3) is 29.2. The fraction of sp³-hybridized carbons (Fsp3) is 0.967. The molecule has 0 aromatic heterocycles. The first-order valence-corrected chi connectivity index (χ1v) is 15.8. The second kappa shape index (κ2) is 33.0. The normalized spacial score (nSPS) is 15.3. The van der Waals surface area contributed by atoms with Crippen LogP contribution in [0.15, 0.2) is 0 Å². The fourth-order valence-electron chi connectivity index (χ4n) is 3.71. The lowest BCUT2D eigenvalue weighted by atomic mass is 10.2. The van der Waals surface area contributed by atoms with Gasteiger partial charge in [0.15, 0.2) is 6.29 Å².